The fraction of sp³-hybridized carbons (Fsp3) is 0.714. The van der Waals surface area contributed by atoms with Crippen LogP contribution in [0.25, 0.3) is 0 Å². The minimum absolute atomic E-state index is 0.0289. The normalized spacial score (nSPS) is 29.2. The molecule has 1 spiro atoms. The lowest BCUT2D eigenvalue weighted by Gasteiger charge is -2.40. The molecule has 1 aliphatic heterocycles. The van der Waals surface area contributed by atoms with E-state index in [4.69, 9.17) is 14.2 Å². The highest BCUT2D eigenvalue weighted by atomic mass is 19.2. The number of hydrogen-bond donors (Lipinski definition) is 0. The zero-order chi connectivity index (χ0) is 18.0. The van der Waals surface area contributed by atoms with Crippen LogP contribution >= 0.6 is 0 Å². The molecule has 3 nitrogen and oxygen atoms in total. The van der Waals surface area contributed by atoms with Gasteiger partial charge in [-0.15, -0.1) is 0 Å². The van der Waals surface area contributed by atoms with Crippen LogP contribution in [-0.2, 0) is 9.47 Å². The largest absolute Gasteiger partial charge is 0.490 e. The topological polar surface area (TPSA) is 27.7 Å². The van der Waals surface area contributed by atoms with Gasteiger partial charge in [0.25, 0.3) is 0 Å². The molecule has 0 amide bonds. The molecule has 0 unspecified atom stereocenters. The van der Waals surface area contributed by atoms with Gasteiger partial charge < -0.3 is 14.2 Å². The van der Waals surface area contributed by atoms with Gasteiger partial charge in [0, 0.05) is 12.8 Å². The van der Waals surface area contributed by atoms with E-state index in [2.05, 4.69) is 0 Å². The average molecular weight is 366 g/mol. The molecule has 144 valence electrons. The van der Waals surface area contributed by atoms with Gasteiger partial charge in [0.1, 0.15) is 0 Å². The summed E-state index contributed by atoms with van der Waals surface area (Å²) in [4.78, 5) is 0. The Hall–Kier alpha value is -1.20. The second-order valence-electron chi connectivity index (χ2n) is 8.09. The second-order valence-corrected chi connectivity index (χ2v) is 8.09. The quantitative estimate of drug-likeness (QED) is 0.743. The van der Waals surface area contributed by atoms with E-state index < -0.39 is 11.6 Å². The lowest BCUT2D eigenvalue weighted by molar-refractivity contribution is -0.185. The molecule has 0 N–H and O–H groups in total. The molecule has 1 aromatic carbocycles. The molecule has 0 radical (unpaired) electrons. The summed E-state index contributed by atoms with van der Waals surface area (Å²) < 4.78 is 44.1. The fourth-order valence-corrected chi connectivity index (χ4v) is 4.97. The third-order valence-corrected chi connectivity index (χ3v) is 6.55. The van der Waals surface area contributed by atoms with E-state index in [1.54, 1.807) is 0 Å². The molecular formula is C21H28F2O3. The number of hydrogen-bond acceptors (Lipinski definition) is 3. The van der Waals surface area contributed by atoms with E-state index in [1.807, 2.05) is 0 Å². The Morgan fingerprint density at radius 3 is 2.27 bits per heavy atom. The van der Waals surface area contributed by atoms with Crippen LogP contribution in [0.2, 0.25) is 0 Å². The third kappa shape index (κ3) is 3.89. The Balaban J connectivity index is 1.21. The summed E-state index contributed by atoms with van der Waals surface area (Å²) >= 11 is 0. The first kappa shape index (κ1) is 18.2. The maximum Gasteiger partial charge on any atom is 0.200 e. The van der Waals surface area contributed by atoms with Gasteiger partial charge in [0.2, 0.25) is 5.82 Å². The first-order chi connectivity index (χ1) is 12.7. The highest BCUT2D eigenvalue weighted by Gasteiger charge is 2.42. The summed E-state index contributed by atoms with van der Waals surface area (Å²) in [5, 5.41) is 0. The lowest BCUT2D eigenvalue weighted by Crippen LogP contribution is -2.37. The van der Waals surface area contributed by atoms with Crippen molar-refractivity contribution in [3.05, 3.63) is 29.8 Å². The van der Waals surface area contributed by atoms with E-state index in [-0.39, 0.29) is 11.5 Å². The Morgan fingerprint density at radius 2 is 1.58 bits per heavy atom. The Morgan fingerprint density at radius 1 is 0.923 bits per heavy atom. The summed E-state index contributed by atoms with van der Waals surface area (Å²) in [7, 11) is 0. The summed E-state index contributed by atoms with van der Waals surface area (Å²) in [6, 6.07) is 4.09. The van der Waals surface area contributed by atoms with E-state index in [0.717, 1.165) is 56.8 Å². The van der Waals surface area contributed by atoms with Crippen molar-refractivity contribution >= 4 is 0 Å². The van der Waals surface area contributed by atoms with E-state index in [9.17, 15) is 8.78 Å². The molecule has 3 fully saturated rings. The number of rotatable bonds is 4. The fourth-order valence-electron chi connectivity index (χ4n) is 4.97. The first-order valence-electron chi connectivity index (χ1n) is 10.00. The summed E-state index contributed by atoms with van der Waals surface area (Å²) in [6.45, 7) is 1.95. The predicted octanol–water partition coefficient (Wildman–Crippen LogP) is 5.08. The zero-order valence-electron chi connectivity index (χ0n) is 15.2. The number of halogens is 2. The van der Waals surface area contributed by atoms with Gasteiger partial charge in [-0.1, -0.05) is 6.07 Å². The van der Waals surface area contributed by atoms with Gasteiger partial charge in [0.05, 0.1) is 19.8 Å². The van der Waals surface area contributed by atoms with Crippen LogP contribution in [0, 0.1) is 29.4 Å². The molecule has 5 heteroatoms. The van der Waals surface area contributed by atoms with Gasteiger partial charge in [0.15, 0.2) is 17.4 Å². The first-order valence-corrected chi connectivity index (χ1v) is 10.00. The average Bonchev–Trinajstić information content (AvgIpc) is 3.12. The van der Waals surface area contributed by atoms with Crippen LogP contribution < -0.4 is 4.74 Å². The molecule has 1 saturated heterocycles. The van der Waals surface area contributed by atoms with Crippen LogP contribution in [-0.4, -0.2) is 25.6 Å². The van der Waals surface area contributed by atoms with E-state index >= 15 is 0 Å². The molecule has 2 saturated carbocycles. The summed E-state index contributed by atoms with van der Waals surface area (Å²) in [5.74, 6) is 0.0139. The second kappa shape index (κ2) is 7.81. The molecule has 0 atom stereocenters. The van der Waals surface area contributed by atoms with Crippen molar-refractivity contribution in [1.29, 1.82) is 0 Å². The zero-order valence-corrected chi connectivity index (χ0v) is 15.2. The molecular weight excluding hydrogens is 338 g/mol. The summed E-state index contributed by atoms with van der Waals surface area (Å²) in [5.41, 5.74) is 0. The van der Waals surface area contributed by atoms with Crippen LogP contribution in [0.1, 0.15) is 51.4 Å². The Kier molecular flexibility index (Phi) is 5.46. The van der Waals surface area contributed by atoms with Gasteiger partial charge in [-0.05, 0) is 68.4 Å². The third-order valence-electron chi connectivity index (χ3n) is 6.55. The van der Waals surface area contributed by atoms with E-state index in [1.165, 1.54) is 37.8 Å². The van der Waals surface area contributed by atoms with Crippen molar-refractivity contribution in [2.45, 2.75) is 57.2 Å². The molecule has 1 heterocycles. The number of ether oxygens (including phenoxy) is 3. The molecule has 3 aliphatic rings. The Bertz CT molecular complexity index is 597. The van der Waals surface area contributed by atoms with Gasteiger partial charge >= 0.3 is 0 Å². The highest BCUT2D eigenvalue weighted by molar-refractivity contribution is 5.25. The minimum atomic E-state index is -0.881. The van der Waals surface area contributed by atoms with Crippen LogP contribution in [0.15, 0.2) is 18.2 Å². The van der Waals surface area contributed by atoms with Crippen LogP contribution in [0.3, 0.4) is 0 Å². The molecule has 2 aliphatic carbocycles. The Labute approximate surface area is 154 Å². The van der Waals surface area contributed by atoms with E-state index in [0.29, 0.717) is 12.5 Å². The molecule has 1 aromatic rings. The van der Waals surface area contributed by atoms with Crippen LogP contribution in [0.4, 0.5) is 8.78 Å². The molecule has 0 bridgehead atoms. The SMILES string of the molecule is Fc1cccc(OCC2CCC(C3CCC4(CC3)OCCO4)CC2)c1F. The number of benzene rings is 1. The van der Waals surface area contributed by atoms with Crippen LogP contribution in [0.5, 0.6) is 5.75 Å². The molecule has 26 heavy (non-hydrogen) atoms. The highest BCUT2D eigenvalue weighted by Crippen LogP contribution is 2.45. The monoisotopic (exact) mass is 366 g/mol. The van der Waals surface area contributed by atoms with Crippen molar-refractivity contribution in [2.75, 3.05) is 19.8 Å². The van der Waals surface area contributed by atoms with Gasteiger partial charge in [-0.3, -0.25) is 0 Å². The standard InChI is InChI=1S/C21H28F2O3/c22-18-2-1-3-19(20(18)23)24-14-15-4-6-16(7-5-15)17-8-10-21(11-9-17)25-12-13-26-21/h1-3,15-17H,4-14H2. The van der Waals surface area contributed by atoms with Gasteiger partial charge in [-0.2, -0.15) is 4.39 Å². The van der Waals surface area contributed by atoms with Crippen molar-refractivity contribution < 1.29 is 23.0 Å². The maximum absolute atomic E-state index is 13.7. The smallest absolute Gasteiger partial charge is 0.200 e. The van der Waals surface area contributed by atoms with Crippen molar-refractivity contribution in [3.63, 3.8) is 0 Å². The molecule has 4 rings (SSSR count). The summed E-state index contributed by atoms with van der Waals surface area (Å²) in [6.07, 6.45) is 9.07. The minimum Gasteiger partial charge on any atom is -0.490 e. The predicted molar refractivity (Wildman–Crippen MR) is 93.9 cm³/mol. The lowest BCUT2D eigenvalue weighted by atomic mass is 9.70. The maximum atomic E-state index is 13.7. The van der Waals surface area contributed by atoms with Gasteiger partial charge in [-0.25, -0.2) is 4.39 Å². The molecule has 0 aromatic heterocycles. The van der Waals surface area contributed by atoms with Crippen molar-refractivity contribution in [1.82, 2.24) is 0 Å². The van der Waals surface area contributed by atoms with Crippen molar-refractivity contribution in [3.8, 4) is 5.75 Å². The van der Waals surface area contributed by atoms with Crippen molar-refractivity contribution in [2.24, 2.45) is 17.8 Å².